The van der Waals surface area contributed by atoms with E-state index in [-0.39, 0.29) is 11.4 Å². The summed E-state index contributed by atoms with van der Waals surface area (Å²) in [5.41, 5.74) is 0.359. The zero-order valence-electron chi connectivity index (χ0n) is 16.3. The second kappa shape index (κ2) is 10.2. The van der Waals surface area contributed by atoms with Crippen molar-refractivity contribution in [1.29, 1.82) is 5.26 Å². The number of rotatable bonds is 15. The molecule has 0 aliphatic heterocycles. The highest BCUT2D eigenvalue weighted by Crippen LogP contribution is 2.52. The lowest BCUT2D eigenvalue weighted by atomic mass is 9.94. The van der Waals surface area contributed by atoms with Crippen LogP contribution in [-0.4, -0.2) is 12.6 Å². The molecule has 0 heterocycles. The summed E-state index contributed by atoms with van der Waals surface area (Å²) in [6.45, 7) is 2.41. The first-order chi connectivity index (χ1) is 12.2. The normalized spacial score (nSPS) is 19.2. The van der Waals surface area contributed by atoms with Crippen LogP contribution in [0.3, 0.4) is 0 Å². The minimum absolute atomic E-state index is 0.0535. The molecule has 0 amide bonds. The van der Waals surface area contributed by atoms with Gasteiger partial charge in [-0.2, -0.15) is 5.26 Å². The molecular formula is C22H37NO2. The Morgan fingerprint density at radius 2 is 1.40 bits per heavy atom. The predicted molar refractivity (Wildman–Crippen MR) is 101 cm³/mol. The summed E-state index contributed by atoms with van der Waals surface area (Å²) in [6, 6.07) is 2.36. The van der Waals surface area contributed by atoms with E-state index in [9.17, 15) is 4.79 Å². The molecule has 0 aromatic heterocycles. The SMILES string of the molecule is CCOC(=O)C1(CCCCCCCCCCCC2(CC#N)CC2)CC1. The first kappa shape index (κ1) is 20.3. The average Bonchev–Trinajstić information content (AvgIpc) is 3.51. The van der Waals surface area contributed by atoms with Crippen LogP contribution in [0.1, 0.15) is 110 Å². The van der Waals surface area contributed by atoms with E-state index in [1.807, 2.05) is 6.92 Å². The highest BCUT2D eigenvalue weighted by atomic mass is 16.5. The standard InChI is InChI=1S/C22H37NO2/c1-2-25-20(24)22(16-17-22)13-11-9-7-5-3-4-6-8-10-12-21(14-15-21)18-19-23/h2-18H2,1H3. The molecule has 0 saturated heterocycles. The van der Waals surface area contributed by atoms with Gasteiger partial charge in [0.15, 0.2) is 0 Å². The monoisotopic (exact) mass is 347 g/mol. The number of hydrogen-bond acceptors (Lipinski definition) is 3. The Hall–Kier alpha value is -1.04. The molecule has 0 N–H and O–H groups in total. The van der Waals surface area contributed by atoms with Crippen LogP contribution in [-0.2, 0) is 9.53 Å². The maximum Gasteiger partial charge on any atom is 0.312 e. The third-order valence-corrected chi connectivity index (χ3v) is 6.34. The van der Waals surface area contributed by atoms with E-state index in [1.165, 1.54) is 77.0 Å². The summed E-state index contributed by atoms with van der Waals surface area (Å²) in [6.07, 6.45) is 19.6. The van der Waals surface area contributed by atoms with Crippen molar-refractivity contribution in [3.63, 3.8) is 0 Å². The molecule has 0 unspecified atom stereocenters. The van der Waals surface area contributed by atoms with E-state index < -0.39 is 0 Å². The van der Waals surface area contributed by atoms with Crippen LogP contribution in [0.4, 0.5) is 0 Å². The van der Waals surface area contributed by atoms with E-state index >= 15 is 0 Å². The molecule has 3 nitrogen and oxygen atoms in total. The van der Waals surface area contributed by atoms with Crippen LogP contribution in [0, 0.1) is 22.2 Å². The first-order valence-corrected chi connectivity index (χ1v) is 10.7. The molecule has 2 rings (SSSR count). The number of unbranched alkanes of at least 4 members (excludes halogenated alkanes) is 8. The van der Waals surface area contributed by atoms with Crippen molar-refractivity contribution in [3.05, 3.63) is 0 Å². The van der Waals surface area contributed by atoms with Gasteiger partial charge in [-0.3, -0.25) is 4.79 Å². The van der Waals surface area contributed by atoms with Crippen LogP contribution in [0.25, 0.3) is 0 Å². The van der Waals surface area contributed by atoms with Gasteiger partial charge in [0, 0.05) is 6.42 Å². The van der Waals surface area contributed by atoms with Crippen molar-refractivity contribution in [3.8, 4) is 6.07 Å². The van der Waals surface area contributed by atoms with Crippen LogP contribution in [0.2, 0.25) is 0 Å². The van der Waals surface area contributed by atoms with Gasteiger partial charge >= 0.3 is 5.97 Å². The Labute approximate surface area is 154 Å². The quantitative estimate of drug-likeness (QED) is 0.257. The number of esters is 1. The molecular weight excluding hydrogens is 310 g/mol. The number of nitriles is 1. The molecule has 0 spiro atoms. The molecule has 0 aromatic carbocycles. The second-order valence-electron chi connectivity index (χ2n) is 8.52. The van der Waals surface area contributed by atoms with Gasteiger partial charge in [0.1, 0.15) is 0 Å². The predicted octanol–water partition coefficient (Wildman–Crippen LogP) is 6.31. The number of carbonyl (C=O) groups is 1. The molecule has 142 valence electrons. The summed E-state index contributed by atoms with van der Waals surface area (Å²) < 4.78 is 5.20. The molecule has 0 atom stereocenters. The van der Waals surface area contributed by atoms with Crippen LogP contribution in [0.15, 0.2) is 0 Å². The summed E-state index contributed by atoms with van der Waals surface area (Å²) in [4.78, 5) is 11.9. The third-order valence-electron chi connectivity index (χ3n) is 6.34. The van der Waals surface area contributed by atoms with Crippen molar-refractivity contribution >= 4 is 5.97 Å². The molecule has 2 aliphatic carbocycles. The summed E-state index contributed by atoms with van der Waals surface area (Å²) in [5.74, 6) is 0.0535. The Kier molecular flexibility index (Phi) is 8.27. The molecule has 25 heavy (non-hydrogen) atoms. The van der Waals surface area contributed by atoms with E-state index in [1.54, 1.807) is 0 Å². The van der Waals surface area contributed by atoms with E-state index in [0.717, 1.165) is 25.7 Å². The Bertz CT molecular complexity index is 443. The van der Waals surface area contributed by atoms with Gasteiger partial charge in [-0.15, -0.1) is 0 Å². The lowest BCUT2D eigenvalue weighted by molar-refractivity contribution is -0.150. The molecule has 0 aromatic rings. The number of hydrogen-bond donors (Lipinski definition) is 0. The van der Waals surface area contributed by atoms with Crippen LogP contribution >= 0.6 is 0 Å². The lowest BCUT2D eigenvalue weighted by Gasteiger charge is -2.13. The maximum atomic E-state index is 11.9. The number of nitrogens with zero attached hydrogens (tertiary/aromatic N) is 1. The van der Waals surface area contributed by atoms with Crippen molar-refractivity contribution in [1.82, 2.24) is 0 Å². The van der Waals surface area contributed by atoms with Gasteiger partial charge in [0.25, 0.3) is 0 Å². The van der Waals surface area contributed by atoms with Gasteiger partial charge < -0.3 is 4.74 Å². The van der Waals surface area contributed by atoms with Crippen molar-refractivity contribution in [2.45, 2.75) is 110 Å². The highest BCUT2D eigenvalue weighted by Gasteiger charge is 2.50. The van der Waals surface area contributed by atoms with Crippen LogP contribution < -0.4 is 0 Å². The van der Waals surface area contributed by atoms with Crippen LogP contribution in [0.5, 0.6) is 0 Å². The molecule has 0 radical (unpaired) electrons. The zero-order valence-corrected chi connectivity index (χ0v) is 16.3. The third kappa shape index (κ3) is 7.00. The van der Waals surface area contributed by atoms with Gasteiger partial charge in [-0.1, -0.05) is 57.8 Å². The van der Waals surface area contributed by atoms with Crippen molar-refractivity contribution in [2.24, 2.45) is 10.8 Å². The number of ether oxygens (including phenoxy) is 1. The summed E-state index contributed by atoms with van der Waals surface area (Å²) >= 11 is 0. The van der Waals surface area contributed by atoms with Crippen molar-refractivity contribution in [2.75, 3.05) is 6.61 Å². The fourth-order valence-corrected chi connectivity index (χ4v) is 4.05. The average molecular weight is 348 g/mol. The Morgan fingerprint density at radius 3 is 1.84 bits per heavy atom. The fourth-order valence-electron chi connectivity index (χ4n) is 4.05. The molecule has 0 bridgehead atoms. The molecule has 2 saturated carbocycles. The largest absolute Gasteiger partial charge is 0.466 e. The summed E-state index contributed by atoms with van der Waals surface area (Å²) in [7, 11) is 0. The van der Waals surface area contributed by atoms with Gasteiger partial charge in [0.05, 0.1) is 18.1 Å². The second-order valence-corrected chi connectivity index (χ2v) is 8.52. The molecule has 2 aliphatic rings. The van der Waals surface area contributed by atoms with Gasteiger partial charge in [-0.05, 0) is 50.9 Å². The smallest absolute Gasteiger partial charge is 0.312 e. The van der Waals surface area contributed by atoms with E-state index in [0.29, 0.717) is 12.0 Å². The zero-order chi connectivity index (χ0) is 18.0. The first-order valence-electron chi connectivity index (χ1n) is 10.7. The molecule has 2 fully saturated rings. The minimum Gasteiger partial charge on any atom is -0.466 e. The topological polar surface area (TPSA) is 50.1 Å². The number of carbonyl (C=O) groups excluding carboxylic acids is 1. The Balaban J connectivity index is 1.35. The Morgan fingerprint density at radius 1 is 0.880 bits per heavy atom. The highest BCUT2D eigenvalue weighted by molar-refractivity contribution is 5.79. The summed E-state index contributed by atoms with van der Waals surface area (Å²) in [5, 5.41) is 8.83. The minimum atomic E-state index is -0.0829. The lowest BCUT2D eigenvalue weighted by Crippen LogP contribution is -2.18. The van der Waals surface area contributed by atoms with Gasteiger partial charge in [0.2, 0.25) is 0 Å². The fraction of sp³-hybridized carbons (Fsp3) is 0.909. The molecule has 3 heteroatoms. The van der Waals surface area contributed by atoms with Gasteiger partial charge in [-0.25, -0.2) is 0 Å². The van der Waals surface area contributed by atoms with E-state index in [4.69, 9.17) is 10.00 Å². The van der Waals surface area contributed by atoms with E-state index in [2.05, 4.69) is 6.07 Å². The van der Waals surface area contributed by atoms with Crippen molar-refractivity contribution < 1.29 is 9.53 Å². The maximum absolute atomic E-state index is 11.9.